The van der Waals surface area contributed by atoms with Crippen LogP contribution >= 0.6 is 0 Å². The molecule has 178 valence electrons. The first-order valence-electron chi connectivity index (χ1n) is 13.2. The molecular weight excluding hydrogens is 392 g/mol. The molecule has 0 radical (unpaired) electrons. The van der Waals surface area contributed by atoms with Crippen molar-refractivity contribution >= 4 is 0 Å². The van der Waals surface area contributed by atoms with E-state index >= 15 is 0 Å². The van der Waals surface area contributed by atoms with E-state index in [1.54, 1.807) is 6.33 Å². The minimum Gasteiger partial charge on any atom is -0.374 e. The molecule has 3 heteroatoms. The summed E-state index contributed by atoms with van der Waals surface area (Å²) in [5.74, 6) is 0. The zero-order valence-electron chi connectivity index (χ0n) is 21.0. The number of nitrogens with zero attached hydrogens (tertiary/aromatic N) is 2. The zero-order chi connectivity index (χ0) is 22.9. The van der Waals surface area contributed by atoms with Crippen molar-refractivity contribution in [2.24, 2.45) is 0 Å². The summed E-state index contributed by atoms with van der Waals surface area (Å²) in [4.78, 5) is 9.02. The first kappa shape index (κ1) is 26.5. The summed E-state index contributed by atoms with van der Waals surface area (Å²) in [5.41, 5.74) is 4.77. The van der Waals surface area contributed by atoms with Crippen LogP contribution in [0.15, 0.2) is 36.8 Å². The van der Waals surface area contributed by atoms with E-state index in [1.165, 1.54) is 93.7 Å². The highest BCUT2D eigenvalue weighted by molar-refractivity contribution is 5.66. The van der Waals surface area contributed by atoms with Crippen molar-refractivity contribution < 1.29 is 4.74 Å². The smallest absolute Gasteiger partial charge is 0.116 e. The number of aromatic nitrogens is 2. The highest BCUT2D eigenvalue weighted by Crippen LogP contribution is 2.27. The lowest BCUT2D eigenvalue weighted by Gasteiger charge is -2.16. The van der Waals surface area contributed by atoms with Gasteiger partial charge in [0.25, 0.3) is 0 Å². The van der Waals surface area contributed by atoms with E-state index < -0.39 is 0 Å². The van der Waals surface area contributed by atoms with Crippen LogP contribution in [0.5, 0.6) is 0 Å². The van der Waals surface area contributed by atoms with Gasteiger partial charge in [0.15, 0.2) is 0 Å². The minimum absolute atomic E-state index is 0.294. The van der Waals surface area contributed by atoms with E-state index in [4.69, 9.17) is 4.74 Å². The van der Waals surface area contributed by atoms with Crippen LogP contribution in [0, 0.1) is 0 Å². The maximum Gasteiger partial charge on any atom is 0.116 e. The van der Waals surface area contributed by atoms with Crippen LogP contribution in [0.25, 0.3) is 11.3 Å². The number of rotatable bonds is 18. The van der Waals surface area contributed by atoms with Gasteiger partial charge >= 0.3 is 0 Å². The molecule has 0 bridgehead atoms. The molecule has 0 saturated heterocycles. The lowest BCUT2D eigenvalue weighted by atomic mass is 9.98. The molecule has 0 aliphatic heterocycles. The quantitative estimate of drug-likeness (QED) is 0.218. The topological polar surface area (TPSA) is 35.0 Å². The van der Waals surface area contributed by atoms with Gasteiger partial charge in [0.2, 0.25) is 0 Å². The third kappa shape index (κ3) is 10.3. The van der Waals surface area contributed by atoms with Gasteiger partial charge in [0.05, 0.1) is 18.4 Å². The van der Waals surface area contributed by atoms with Crippen molar-refractivity contribution in [2.75, 3.05) is 0 Å². The van der Waals surface area contributed by atoms with Crippen LogP contribution in [-0.2, 0) is 17.8 Å². The average molecular weight is 439 g/mol. The normalized spacial score (nSPS) is 12.2. The Labute approximate surface area is 197 Å². The van der Waals surface area contributed by atoms with Gasteiger partial charge in [-0.1, -0.05) is 109 Å². The summed E-state index contributed by atoms with van der Waals surface area (Å²) >= 11 is 0. The third-order valence-corrected chi connectivity index (χ3v) is 6.35. The molecule has 0 fully saturated rings. The zero-order valence-corrected chi connectivity index (χ0v) is 21.0. The first-order chi connectivity index (χ1) is 15.8. The van der Waals surface area contributed by atoms with Crippen LogP contribution in [0.1, 0.15) is 115 Å². The monoisotopic (exact) mass is 438 g/mol. The molecule has 0 amide bonds. The Bertz CT molecular complexity index is 731. The van der Waals surface area contributed by atoms with E-state index in [1.807, 2.05) is 6.20 Å². The van der Waals surface area contributed by atoms with Crippen molar-refractivity contribution in [2.45, 2.75) is 123 Å². The fraction of sp³-hybridized carbons (Fsp3) is 0.655. The van der Waals surface area contributed by atoms with Crippen molar-refractivity contribution in [3.8, 4) is 11.3 Å². The number of unbranched alkanes of at least 4 members (excludes halogenated alkanes) is 10. The average Bonchev–Trinajstić information content (AvgIpc) is 2.83. The summed E-state index contributed by atoms with van der Waals surface area (Å²) in [6.45, 7) is 7.38. The standard InChI is InChI=1S/C29H46N2O/c1-4-6-8-10-11-12-13-15-19-26-22-30-24-31-29(26)28-21-17-16-20-27(28)23-32-25(3)18-14-9-7-5-2/h16-17,20-22,24-25H,4-15,18-19,23H2,1-3H3. The molecule has 1 aromatic carbocycles. The Morgan fingerprint density at radius 3 is 2.19 bits per heavy atom. The molecule has 0 aliphatic rings. The Hall–Kier alpha value is -1.74. The fourth-order valence-electron chi connectivity index (χ4n) is 4.28. The second kappa shape index (κ2) is 16.8. The molecule has 3 nitrogen and oxygen atoms in total. The molecule has 1 heterocycles. The molecule has 0 spiro atoms. The molecule has 2 rings (SSSR count). The fourth-order valence-corrected chi connectivity index (χ4v) is 4.28. The second-order valence-corrected chi connectivity index (χ2v) is 9.25. The molecule has 32 heavy (non-hydrogen) atoms. The summed E-state index contributed by atoms with van der Waals surface area (Å²) in [6, 6.07) is 8.58. The first-order valence-corrected chi connectivity index (χ1v) is 13.2. The molecule has 0 aliphatic carbocycles. The van der Waals surface area contributed by atoms with E-state index in [0.717, 1.165) is 18.5 Å². The van der Waals surface area contributed by atoms with E-state index in [2.05, 4.69) is 55.0 Å². The number of benzene rings is 1. The number of hydrogen-bond acceptors (Lipinski definition) is 3. The number of hydrogen-bond donors (Lipinski definition) is 0. The molecule has 1 atom stereocenters. The van der Waals surface area contributed by atoms with Gasteiger partial charge in [-0.3, -0.25) is 0 Å². The Morgan fingerprint density at radius 1 is 0.781 bits per heavy atom. The highest BCUT2D eigenvalue weighted by Gasteiger charge is 2.12. The van der Waals surface area contributed by atoms with Gasteiger partial charge in [0.1, 0.15) is 6.33 Å². The SMILES string of the molecule is CCCCCCCCCCc1cncnc1-c1ccccc1COC(C)CCCCCC. The molecule has 2 aromatic rings. The summed E-state index contributed by atoms with van der Waals surface area (Å²) in [5, 5.41) is 0. The summed E-state index contributed by atoms with van der Waals surface area (Å²) < 4.78 is 6.22. The Balaban J connectivity index is 1.89. The lowest BCUT2D eigenvalue weighted by Crippen LogP contribution is -2.09. The predicted molar refractivity (Wildman–Crippen MR) is 137 cm³/mol. The van der Waals surface area contributed by atoms with Crippen LogP contribution in [0.3, 0.4) is 0 Å². The summed E-state index contributed by atoms with van der Waals surface area (Å²) in [6.07, 6.45) is 22.0. The summed E-state index contributed by atoms with van der Waals surface area (Å²) in [7, 11) is 0. The van der Waals surface area contributed by atoms with Gasteiger partial charge in [0, 0.05) is 11.8 Å². The predicted octanol–water partition coefficient (Wildman–Crippen LogP) is 8.70. The molecular formula is C29H46N2O. The third-order valence-electron chi connectivity index (χ3n) is 6.35. The molecule has 1 unspecified atom stereocenters. The van der Waals surface area contributed by atoms with Crippen molar-refractivity contribution in [1.29, 1.82) is 0 Å². The second-order valence-electron chi connectivity index (χ2n) is 9.25. The van der Waals surface area contributed by atoms with Crippen molar-refractivity contribution in [3.63, 3.8) is 0 Å². The molecule has 0 N–H and O–H groups in total. The lowest BCUT2D eigenvalue weighted by molar-refractivity contribution is 0.0461. The van der Waals surface area contributed by atoms with E-state index in [-0.39, 0.29) is 0 Å². The van der Waals surface area contributed by atoms with Gasteiger partial charge in [-0.05, 0) is 37.3 Å². The van der Waals surface area contributed by atoms with Crippen molar-refractivity contribution in [1.82, 2.24) is 9.97 Å². The van der Waals surface area contributed by atoms with Crippen LogP contribution in [0.4, 0.5) is 0 Å². The van der Waals surface area contributed by atoms with Crippen LogP contribution < -0.4 is 0 Å². The van der Waals surface area contributed by atoms with Gasteiger partial charge < -0.3 is 4.74 Å². The van der Waals surface area contributed by atoms with Gasteiger partial charge in [-0.25, -0.2) is 9.97 Å². The van der Waals surface area contributed by atoms with Crippen LogP contribution in [0.2, 0.25) is 0 Å². The van der Waals surface area contributed by atoms with E-state index in [0.29, 0.717) is 12.7 Å². The Kier molecular flexibility index (Phi) is 13.9. The Morgan fingerprint density at radius 2 is 1.44 bits per heavy atom. The maximum atomic E-state index is 6.22. The van der Waals surface area contributed by atoms with E-state index in [9.17, 15) is 0 Å². The minimum atomic E-state index is 0.294. The van der Waals surface area contributed by atoms with Gasteiger partial charge in [-0.2, -0.15) is 0 Å². The van der Waals surface area contributed by atoms with Crippen LogP contribution in [-0.4, -0.2) is 16.1 Å². The number of aryl methyl sites for hydroxylation is 1. The van der Waals surface area contributed by atoms with Crippen molar-refractivity contribution in [3.05, 3.63) is 47.9 Å². The van der Waals surface area contributed by atoms with Gasteiger partial charge in [-0.15, -0.1) is 0 Å². The largest absolute Gasteiger partial charge is 0.374 e. The highest BCUT2D eigenvalue weighted by atomic mass is 16.5. The maximum absolute atomic E-state index is 6.22. The number of ether oxygens (including phenoxy) is 1. The molecule has 1 aromatic heterocycles. The molecule has 0 saturated carbocycles.